The number of aliphatic carboxylic acids is 1. The topological polar surface area (TPSA) is 79.7 Å². The molecule has 0 fully saturated rings. The van der Waals surface area contributed by atoms with Gasteiger partial charge in [-0.25, -0.2) is 4.79 Å². The van der Waals surface area contributed by atoms with Crippen molar-refractivity contribution in [3.63, 3.8) is 0 Å². The van der Waals surface area contributed by atoms with E-state index in [9.17, 15) is 9.90 Å². The Kier molecular flexibility index (Phi) is 3.66. The van der Waals surface area contributed by atoms with Gasteiger partial charge in [-0.3, -0.25) is 4.98 Å². The first-order valence-electron chi connectivity index (χ1n) is 5.72. The van der Waals surface area contributed by atoms with E-state index in [4.69, 9.17) is 9.84 Å². The van der Waals surface area contributed by atoms with Gasteiger partial charge in [-0.05, 0) is 31.2 Å². The summed E-state index contributed by atoms with van der Waals surface area (Å²) in [7, 11) is 0. The molecule has 2 N–H and O–H groups in total. The lowest BCUT2D eigenvalue weighted by Crippen LogP contribution is -2.22. The van der Waals surface area contributed by atoms with Gasteiger partial charge in [-0.15, -0.1) is 0 Å². The zero-order valence-corrected chi connectivity index (χ0v) is 10.3. The van der Waals surface area contributed by atoms with Crippen LogP contribution in [0.5, 0.6) is 11.5 Å². The van der Waals surface area contributed by atoms with E-state index in [1.54, 1.807) is 36.5 Å². The molecule has 0 aliphatic carbocycles. The summed E-state index contributed by atoms with van der Waals surface area (Å²) in [4.78, 5) is 14.9. The number of rotatable bonds is 4. The molecule has 5 heteroatoms. The van der Waals surface area contributed by atoms with Crippen LogP contribution in [0, 0.1) is 0 Å². The Morgan fingerprint density at radius 2 is 2.05 bits per heavy atom. The predicted octanol–water partition coefficient (Wildman–Crippen LogP) is 2.31. The summed E-state index contributed by atoms with van der Waals surface area (Å²) in [5.74, 6) is -1.09. The summed E-state index contributed by atoms with van der Waals surface area (Å²) in [6, 6.07) is 10.2. The van der Waals surface area contributed by atoms with Crippen molar-refractivity contribution in [2.75, 3.05) is 0 Å². The molecule has 1 unspecified atom stereocenters. The van der Waals surface area contributed by atoms with Gasteiger partial charge in [0.2, 0.25) is 0 Å². The lowest BCUT2D eigenvalue weighted by atomic mass is 10.1. The van der Waals surface area contributed by atoms with E-state index >= 15 is 0 Å². The first kappa shape index (κ1) is 12.9. The number of carbonyl (C=O) groups is 1. The first-order valence-corrected chi connectivity index (χ1v) is 5.72. The molecule has 0 radical (unpaired) electrons. The van der Waals surface area contributed by atoms with Crippen molar-refractivity contribution in [2.45, 2.75) is 13.0 Å². The number of carboxylic acid groups (broad SMARTS) is 1. The average Bonchev–Trinajstić information content (AvgIpc) is 2.42. The van der Waals surface area contributed by atoms with Crippen LogP contribution in [-0.2, 0) is 4.79 Å². The molecule has 1 heterocycles. The number of hydrogen-bond acceptors (Lipinski definition) is 4. The molecule has 1 aromatic heterocycles. The van der Waals surface area contributed by atoms with Crippen LogP contribution in [0.15, 0.2) is 42.6 Å². The summed E-state index contributed by atoms with van der Waals surface area (Å²) in [6.45, 7) is 1.40. The van der Waals surface area contributed by atoms with E-state index in [0.29, 0.717) is 11.3 Å². The number of phenols is 1. The Morgan fingerprint density at radius 1 is 1.26 bits per heavy atom. The Labute approximate surface area is 110 Å². The van der Waals surface area contributed by atoms with E-state index in [1.807, 2.05) is 0 Å². The van der Waals surface area contributed by atoms with Crippen molar-refractivity contribution in [1.82, 2.24) is 4.98 Å². The maximum Gasteiger partial charge on any atom is 0.344 e. The third-order valence-corrected chi connectivity index (χ3v) is 2.59. The molecule has 0 saturated carbocycles. The normalized spacial score (nSPS) is 11.8. The quantitative estimate of drug-likeness (QED) is 0.880. The number of hydrogen-bond donors (Lipinski definition) is 2. The number of aromatic nitrogens is 1. The SMILES string of the molecule is CC(Oc1cccc(-c2ccccn2)c1O)C(=O)O. The Bertz CT molecular complexity index is 583. The van der Waals surface area contributed by atoms with Crippen LogP contribution in [0.3, 0.4) is 0 Å². The molecule has 0 amide bonds. The molecule has 1 aromatic carbocycles. The van der Waals surface area contributed by atoms with Gasteiger partial charge in [0.25, 0.3) is 0 Å². The number of para-hydroxylation sites is 1. The van der Waals surface area contributed by atoms with Gasteiger partial charge >= 0.3 is 5.97 Å². The van der Waals surface area contributed by atoms with E-state index in [2.05, 4.69) is 4.98 Å². The molecule has 98 valence electrons. The maximum atomic E-state index is 10.8. The molecule has 5 nitrogen and oxygen atoms in total. The number of ether oxygens (including phenoxy) is 1. The number of nitrogens with zero attached hydrogens (tertiary/aromatic N) is 1. The van der Waals surface area contributed by atoms with Crippen molar-refractivity contribution < 1.29 is 19.7 Å². The van der Waals surface area contributed by atoms with Gasteiger partial charge in [-0.2, -0.15) is 0 Å². The lowest BCUT2D eigenvalue weighted by molar-refractivity contribution is -0.144. The second kappa shape index (κ2) is 5.39. The van der Waals surface area contributed by atoms with Crippen LogP contribution >= 0.6 is 0 Å². The molecule has 2 aromatic rings. The maximum absolute atomic E-state index is 10.8. The highest BCUT2D eigenvalue weighted by atomic mass is 16.5. The van der Waals surface area contributed by atoms with Crippen LogP contribution < -0.4 is 4.74 Å². The summed E-state index contributed by atoms with van der Waals surface area (Å²) in [5, 5.41) is 18.9. The highest BCUT2D eigenvalue weighted by Gasteiger charge is 2.17. The van der Waals surface area contributed by atoms with E-state index in [0.717, 1.165) is 0 Å². The minimum Gasteiger partial charge on any atom is -0.504 e. The molecule has 19 heavy (non-hydrogen) atoms. The zero-order chi connectivity index (χ0) is 13.8. The Morgan fingerprint density at radius 3 is 2.68 bits per heavy atom. The third-order valence-electron chi connectivity index (χ3n) is 2.59. The third kappa shape index (κ3) is 2.82. The Hall–Kier alpha value is -2.56. The molecular formula is C14H13NO4. The predicted molar refractivity (Wildman–Crippen MR) is 69.1 cm³/mol. The lowest BCUT2D eigenvalue weighted by Gasteiger charge is -2.13. The summed E-state index contributed by atoms with van der Waals surface area (Å²) < 4.78 is 5.19. The van der Waals surface area contributed by atoms with Gasteiger partial charge < -0.3 is 14.9 Å². The molecule has 2 rings (SSSR count). The van der Waals surface area contributed by atoms with Gasteiger partial charge in [-0.1, -0.05) is 12.1 Å². The Balaban J connectivity index is 2.36. The molecule has 0 saturated heterocycles. The van der Waals surface area contributed by atoms with Crippen molar-refractivity contribution in [1.29, 1.82) is 0 Å². The van der Waals surface area contributed by atoms with Crippen LogP contribution in [0.4, 0.5) is 0 Å². The van der Waals surface area contributed by atoms with E-state index in [-0.39, 0.29) is 11.5 Å². The van der Waals surface area contributed by atoms with Crippen LogP contribution in [0.2, 0.25) is 0 Å². The van der Waals surface area contributed by atoms with E-state index in [1.165, 1.54) is 13.0 Å². The fraction of sp³-hybridized carbons (Fsp3) is 0.143. The summed E-state index contributed by atoms with van der Waals surface area (Å²) in [5.41, 5.74) is 1.09. The molecule has 0 aliphatic rings. The van der Waals surface area contributed by atoms with Crippen LogP contribution in [-0.4, -0.2) is 27.3 Å². The van der Waals surface area contributed by atoms with Gasteiger partial charge in [0.1, 0.15) is 0 Å². The van der Waals surface area contributed by atoms with Crippen molar-refractivity contribution in [2.24, 2.45) is 0 Å². The molecule has 0 aliphatic heterocycles. The second-order valence-corrected chi connectivity index (χ2v) is 3.97. The number of benzene rings is 1. The van der Waals surface area contributed by atoms with Gasteiger partial charge in [0.15, 0.2) is 17.6 Å². The number of pyridine rings is 1. The summed E-state index contributed by atoms with van der Waals surface area (Å²) in [6.07, 6.45) is 0.576. The number of phenolic OH excluding ortho intramolecular Hbond substituents is 1. The van der Waals surface area contributed by atoms with Crippen LogP contribution in [0.25, 0.3) is 11.3 Å². The largest absolute Gasteiger partial charge is 0.504 e. The van der Waals surface area contributed by atoms with E-state index < -0.39 is 12.1 Å². The highest BCUT2D eigenvalue weighted by Crippen LogP contribution is 2.36. The minimum absolute atomic E-state index is 0.116. The smallest absolute Gasteiger partial charge is 0.344 e. The fourth-order valence-corrected chi connectivity index (χ4v) is 1.59. The van der Waals surface area contributed by atoms with Crippen molar-refractivity contribution >= 4 is 5.97 Å². The molecular weight excluding hydrogens is 246 g/mol. The number of aromatic hydroxyl groups is 1. The minimum atomic E-state index is -1.09. The van der Waals surface area contributed by atoms with Crippen LogP contribution in [0.1, 0.15) is 6.92 Å². The van der Waals surface area contributed by atoms with Crippen molar-refractivity contribution in [3.8, 4) is 22.8 Å². The molecule has 0 bridgehead atoms. The first-order chi connectivity index (χ1) is 9.09. The average molecular weight is 259 g/mol. The van der Waals surface area contributed by atoms with Gasteiger partial charge in [0, 0.05) is 11.8 Å². The standard InChI is InChI=1S/C14H13NO4/c1-9(14(17)18)19-12-7-4-5-10(13(12)16)11-6-2-3-8-15-11/h2-9,16H,1H3,(H,17,18). The zero-order valence-electron chi connectivity index (χ0n) is 10.3. The molecule has 0 spiro atoms. The fourth-order valence-electron chi connectivity index (χ4n) is 1.59. The monoisotopic (exact) mass is 259 g/mol. The summed E-state index contributed by atoms with van der Waals surface area (Å²) >= 11 is 0. The van der Waals surface area contributed by atoms with Crippen molar-refractivity contribution in [3.05, 3.63) is 42.6 Å². The van der Waals surface area contributed by atoms with Gasteiger partial charge in [0.05, 0.1) is 5.69 Å². The molecule has 1 atom stereocenters. The number of carboxylic acids is 1. The second-order valence-electron chi connectivity index (χ2n) is 3.97. The highest BCUT2D eigenvalue weighted by molar-refractivity contribution is 5.74.